The summed E-state index contributed by atoms with van der Waals surface area (Å²) in [4.78, 5) is 22.4. The summed E-state index contributed by atoms with van der Waals surface area (Å²) in [5.74, 6) is -0.473. The van der Waals surface area contributed by atoms with Gasteiger partial charge in [-0.2, -0.15) is 0 Å². The third-order valence-electron chi connectivity index (χ3n) is 2.48. The molecule has 0 saturated carbocycles. The van der Waals surface area contributed by atoms with Crippen molar-refractivity contribution in [1.82, 2.24) is 0 Å². The number of halogens is 1. The quantitative estimate of drug-likeness (QED) is 0.568. The van der Waals surface area contributed by atoms with E-state index in [0.717, 1.165) is 0 Å². The van der Waals surface area contributed by atoms with Crippen molar-refractivity contribution in [3.8, 4) is 0 Å². The van der Waals surface area contributed by atoms with Crippen molar-refractivity contribution < 1.29 is 19.1 Å². The second-order valence-corrected chi connectivity index (χ2v) is 4.67. The molecule has 1 amide bonds. The van der Waals surface area contributed by atoms with Crippen molar-refractivity contribution in [1.29, 1.82) is 0 Å². The zero-order valence-electron chi connectivity index (χ0n) is 12.1. The Balaban J connectivity index is 2.43. The molecule has 0 aliphatic carbocycles. The zero-order valence-corrected chi connectivity index (χ0v) is 12.8. The van der Waals surface area contributed by atoms with E-state index in [-0.39, 0.29) is 24.9 Å². The van der Waals surface area contributed by atoms with Crippen LogP contribution in [0.25, 0.3) is 0 Å². The average molecular weight is 315 g/mol. The van der Waals surface area contributed by atoms with Crippen LogP contribution in [0.4, 0.5) is 11.4 Å². The van der Waals surface area contributed by atoms with Gasteiger partial charge in [0.05, 0.1) is 23.7 Å². The van der Waals surface area contributed by atoms with Crippen LogP contribution >= 0.6 is 11.6 Å². The highest BCUT2D eigenvalue weighted by Crippen LogP contribution is 2.25. The number of methoxy groups -OCH3 is 1. The Hall–Kier alpha value is -1.79. The van der Waals surface area contributed by atoms with E-state index in [4.69, 9.17) is 21.1 Å². The number of carbonyl (C=O) groups excluding carboxylic acids is 2. The first-order valence-corrected chi connectivity index (χ1v) is 6.86. The van der Waals surface area contributed by atoms with Crippen LogP contribution in [0.5, 0.6) is 0 Å². The molecular formula is C14H19ClN2O4. The minimum Gasteiger partial charge on any atom is -0.463 e. The van der Waals surface area contributed by atoms with Gasteiger partial charge in [-0.15, -0.1) is 0 Å². The number of hydrogen-bond donors (Lipinski definition) is 2. The molecule has 0 aromatic heterocycles. The van der Waals surface area contributed by atoms with Crippen LogP contribution in [0, 0.1) is 0 Å². The highest BCUT2D eigenvalue weighted by Gasteiger charge is 2.06. The van der Waals surface area contributed by atoms with Crippen molar-refractivity contribution in [3.63, 3.8) is 0 Å². The molecule has 0 aliphatic heterocycles. The monoisotopic (exact) mass is 314 g/mol. The van der Waals surface area contributed by atoms with Gasteiger partial charge in [-0.25, -0.2) is 0 Å². The van der Waals surface area contributed by atoms with Gasteiger partial charge in [-0.3, -0.25) is 9.59 Å². The summed E-state index contributed by atoms with van der Waals surface area (Å²) in [5.41, 5.74) is 1.28. The lowest BCUT2D eigenvalue weighted by Crippen LogP contribution is -2.14. The Bertz CT molecular complexity index is 494. The molecule has 0 heterocycles. The maximum absolute atomic E-state index is 11.4. The van der Waals surface area contributed by atoms with Crippen molar-refractivity contribution in [2.24, 2.45) is 0 Å². The lowest BCUT2D eigenvalue weighted by molar-refractivity contribution is -0.144. The fourth-order valence-corrected chi connectivity index (χ4v) is 1.74. The first-order valence-electron chi connectivity index (χ1n) is 6.48. The molecule has 0 aliphatic rings. The van der Waals surface area contributed by atoms with Crippen LogP contribution in [0.1, 0.15) is 13.3 Å². The third kappa shape index (κ3) is 6.97. The minimum absolute atomic E-state index is 0.162. The van der Waals surface area contributed by atoms with E-state index in [0.29, 0.717) is 29.5 Å². The summed E-state index contributed by atoms with van der Waals surface area (Å²) in [7, 11) is 1.54. The average Bonchev–Trinajstić information content (AvgIpc) is 2.42. The van der Waals surface area contributed by atoms with Gasteiger partial charge in [0.15, 0.2) is 0 Å². The number of rotatable bonds is 8. The van der Waals surface area contributed by atoms with Crippen molar-refractivity contribution in [2.45, 2.75) is 13.3 Å². The van der Waals surface area contributed by atoms with Gasteiger partial charge in [-0.1, -0.05) is 11.6 Å². The van der Waals surface area contributed by atoms with E-state index in [9.17, 15) is 9.59 Å². The Morgan fingerprint density at radius 2 is 2.05 bits per heavy atom. The molecule has 6 nitrogen and oxygen atoms in total. The van der Waals surface area contributed by atoms with Crippen LogP contribution in [0.2, 0.25) is 5.02 Å². The van der Waals surface area contributed by atoms with Gasteiger partial charge in [0.2, 0.25) is 5.91 Å². The van der Waals surface area contributed by atoms with Gasteiger partial charge >= 0.3 is 5.97 Å². The molecule has 0 fully saturated rings. The second-order valence-electron chi connectivity index (χ2n) is 4.27. The summed E-state index contributed by atoms with van der Waals surface area (Å²) < 4.78 is 9.71. The Labute approximate surface area is 128 Å². The van der Waals surface area contributed by atoms with Crippen LogP contribution in [-0.2, 0) is 19.1 Å². The number of ether oxygens (including phenoxy) is 2. The molecule has 7 heteroatoms. The molecule has 0 atom stereocenters. The number of carbonyl (C=O) groups is 2. The smallest absolute Gasteiger partial charge is 0.307 e. The minimum atomic E-state index is -0.311. The number of esters is 1. The lowest BCUT2D eigenvalue weighted by atomic mass is 10.2. The Kier molecular flexibility index (Phi) is 7.56. The maximum atomic E-state index is 11.4. The molecular weight excluding hydrogens is 296 g/mol. The number of anilines is 2. The molecule has 0 spiro atoms. The molecule has 2 N–H and O–H groups in total. The summed E-state index contributed by atoms with van der Waals surface area (Å²) in [6.07, 6.45) is 0.213. The topological polar surface area (TPSA) is 76.7 Å². The summed E-state index contributed by atoms with van der Waals surface area (Å²) in [6, 6.07) is 5.08. The Morgan fingerprint density at radius 3 is 2.71 bits per heavy atom. The van der Waals surface area contributed by atoms with Crippen molar-refractivity contribution >= 4 is 34.9 Å². The van der Waals surface area contributed by atoms with E-state index < -0.39 is 0 Å². The summed E-state index contributed by atoms with van der Waals surface area (Å²) >= 11 is 6.04. The number of hydrogen-bond acceptors (Lipinski definition) is 5. The van der Waals surface area contributed by atoms with Crippen LogP contribution < -0.4 is 10.6 Å². The highest BCUT2D eigenvalue weighted by atomic mass is 35.5. The molecule has 0 radical (unpaired) electrons. The summed E-state index contributed by atoms with van der Waals surface area (Å²) in [6.45, 7) is 2.44. The molecule has 1 aromatic carbocycles. The van der Waals surface area contributed by atoms with Gasteiger partial charge < -0.3 is 20.1 Å². The van der Waals surface area contributed by atoms with Crippen LogP contribution in [-0.4, -0.2) is 38.7 Å². The van der Waals surface area contributed by atoms with Gasteiger partial charge in [-0.05, 0) is 18.2 Å². The molecule has 0 saturated heterocycles. The van der Waals surface area contributed by atoms with E-state index >= 15 is 0 Å². The normalized spacial score (nSPS) is 10.0. The number of nitrogens with one attached hydrogen (secondary N) is 2. The number of benzene rings is 1. The molecule has 21 heavy (non-hydrogen) atoms. The second kappa shape index (κ2) is 9.20. The number of amides is 1. The fourth-order valence-electron chi connectivity index (χ4n) is 1.55. The van der Waals surface area contributed by atoms with E-state index in [1.807, 2.05) is 0 Å². The molecule has 0 bridgehead atoms. The molecule has 1 rings (SSSR count). The fraction of sp³-hybridized carbons (Fsp3) is 0.429. The first kappa shape index (κ1) is 17.3. The van der Waals surface area contributed by atoms with E-state index in [1.54, 1.807) is 25.3 Å². The largest absolute Gasteiger partial charge is 0.463 e. The first-order chi connectivity index (χ1) is 10.0. The molecule has 0 unspecified atom stereocenters. The van der Waals surface area contributed by atoms with Gasteiger partial charge in [0.25, 0.3) is 0 Å². The van der Waals surface area contributed by atoms with E-state index in [1.165, 1.54) is 6.92 Å². The van der Waals surface area contributed by atoms with Crippen molar-refractivity contribution in [2.75, 3.05) is 37.5 Å². The summed E-state index contributed by atoms with van der Waals surface area (Å²) in [5, 5.41) is 6.21. The molecule has 116 valence electrons. The van der Waals surface area contributed by atoms with Gasteiger partial charge in [0.1, 0.15) is 6.61 Å². The van der Waals surface area contributed by atoms with E-state index in [2.05, 4.69) is 10.6 Å². The van der Waals surface area contributed by atoms with Crippen LogP contribution in [0.15, 0.2) is 18.2 Å². The van der Waals surface area contributed by atoms with Gasteiger partial charge in [0, 0.05) is 26.3 Å². The molecule has 1 aromatic rings. The Morgan fingerprint density at radius 1 is 1.29 bits per heavy atom. The van der Waals surface area contributed by atoms with Crippen LogP contribution in [0.3, 0.4) is 0 Å². The predicted octanol–water partition coefficient (Wildman–Crippen LogP) is 2.29. The SMILES string of the molecule is COCCOC(=O)CCNc1cc(NC(C)=O)ccc1Cl. The highest BCUT2D eigenvalue weighted by molar-refractivity contribution is 6.33. The third-order valence-corrected chi connectivity index (χ3v) is 2.81. The zero-order chi connectivity index (χ0) is 15.7. The maximum Gasteiger partial charge on any atom is 0.307 e. The van der Waals surface area contributed by atoms with Crippen molar-refractivity contribution in [3.05, 3.63) is 23.2 Å². The predicted molar refractivity (Wildman–Crippen MR) is 81.7 cm³/mol. The lowest BCUT2D eigenvalue weighted by Gasteiger charge is -2.10. The standard InChI is InChI=1S/C14H19ClN2O4/c1-10(18)17-11-3-4-12(15)13(9-11)16-6-5-14(19)21-8-7-20-2/h3-4,9,16H,5-8H2,1-2H3,(H,17,18).